The fourth-order valence-corrected chi connectivity index (χ4v) is 3.73. The molecule has 0 fully saturated rings. The van der Waals surface area contributed by atoms with Gasteiger partial charge in [-0.05, 0) is 54.9 Å². The first-order valence-electron chi connectivity index (χ1n) is 9.53. The molecule has 0 aliphatic heterocycles. The standard InChI is InChI=1S/C22H24N4O/c1-15-23-22(26-25-15)21(18-8-3-2-4-9-18)24-20(27)14-16-11-12-17-7-5-6-10-19(17)13-16/h2-4,8-9,11-13,21H,5-7,10,14H2,1H3,(H,24,27)(H,23,25,26). The van der Waals surface area contributed by atoms with E-state index in [0.717, 1.165) is 29.8 Å². The van der Waals surface area contributed by atoms with E-state index in [1.54, 1.807) is 0 Å². The van der Waals surface area contributed by atoms with Crippen LogP contribution >= 0.6 is 0 Å². The molecule has 0 spiro atoms. The fraction of sp³-hybridized carbons (Fsp3) is 0.318. The van der Waals surface area contributed by atoms with E-state index in [1.165, 1.54) is 24.0 Å². The number of nitrogens with one attached hydrogen (secondary N) is 2. The molecule has 0 radical (unpaired) electrons. The highest BCUT2D eigenvalue weighted by molar-refractivity contribution is 5.79. The van der Waals surface area contributed by atoms with Crippen molar-refractivity contribution in [2.24, 2.45) is 0 Å². The summed E-state index contributed by atoms with van der Waals surface area (Å²) in [6.07, 6.45) is 5.14. The largest absolute Gasteiger partial charge is 0.342 e. The van der Waals surface area contributed by atoms with Crippen molar-refractivity contribution in [1.82, 2.24) is 20.5 Å². The second-order valence-corrected chi connectivity index (χ2v) is 7.18. The van der Waals surface area contributed by atoms with Crippen molar-refractivity contribution >= 4 is 5.91 Å². The zero-order valence-corrected chi connectivity index (χ0v) is 15.5. The molecular formula is C22H24N4O. The van der Waals surface area contributed by atoms with Crippen molar-refractivity contribution in [3.8, 4) is 0 Å². The number of fused-ring (bicyclic) bond motifs is 1. The summed E-state index contributed by atoms with van der Waals surface area (Å²) in [6.45, 7) is 1.85. The molecule has 0 saturated carbocycles. The first kappa shape index (κ1) is 17.5. The summed E-state index contributed by atoms with van der Waals surface area (Å²) in [4.78, 5) is 17.2. The van der Waals surface area contributed by atoms with Crippen LogP contribution in [0.3, 0.4) is 0 Å². The van der Waals surface area contributed by atoms with Gasteiger partial charge >= 0.3 is 0 Å². The van der Waals surface area contributed by atoms with Crippen LogP contribution < -0.4 is 5.32 Å². The fourth-order valence-electron chi connectivity index (χ4n) is 3.73. The van der Waals surface area contributed by atoms with Gasteiger partial charge in [-0.2, -0.15) is 5.10 Å². The highest BCUT2D eigenvalue weighted by atomic mass is 16.1. The summed E-state index contributed by atoms with van der Waals surface area (Å²) in [6, 6.07) is 15.9. The van der Waals surface area contributed by atoms with Gasteiger partial charge in [-0.3, -0.25) is 9.89 Å². The minimum atomic E-state index is -0.360. The number of benzene rings is 2. The number of aromatic nitrogens is 3. The Hall–Kier alpha value is -2.95. The number of hydrogen-bond donors (Lipinski definition) is 2. The third kappa shape index (κ3) is 4.08. The molecule has 2 aromatic carbocycles. The molecule has 5 heteroatoms. The normalized spacial score (nSPS) is 14.4. The van der Waals surface area contributed by atoms with Crippen molar-refractivity contribution in [3.05, 3.63) is 82.4 Å². The van der Waals surface area contributed by atoms with Crippen LogP contribution in [0, 0.1) is 6.92 Å². The number of nitrogens with zero attached hydrogens (tertiary/aromatic N) is 2. The van der Waals surface area contributed by atoms with Crippen LogP contribution in [0.4, 0.5) is 0 Å². The van der Waals surface area contributed by atoms with Crippen LogP contribution in [0.5, 0.6) is 0 Å². The molecule has 1 aliphatic rings. The molecule has 1 heterocycles. The number of aromatic amines is 1. The van der Waals surface area contributed by atoms with Gasteiger partial charge in [0.15, 0.2) is 5.82 Å². The number of H-pyrrole nitrogens is 1. The molecule has 2 N–H and O–H groups in total. The summed E-state index contributed by atoms with van der Waals surface area (Å²) in [5.41, 5.74) is 4.86. The van der Waals surface area contributed by atoms with Crippen LogP contribution in [0.15, 0.2) is 48.5 Å². The average molecular weight is 360 g/mol. The van der Waals surface area contributed by atoms with Crippen molar-refractivity contribution in [2.45, 2.75) is 45.1 Å². The Balaban J connectivity index is 1.52. The SMILES string of the molecule is Cc1nc(C(NC(=O)Cc2ccc3c(c2)CCCC3)c2ccccc2)n[nH]1. The second kappa shape index (κ2) is 7.74. The van der Waals surface area contributed by atoms with Gasteiger partial charge in [0, 0.05) is 0 Å². The predicted molar refractivity (Wildman–Crippen MR) is 104 cm³/mol. The first-order chi connectivity index (χ1) is 13.2. The number of aryl methyl sites for hydroxylation is 3. The third-order valence-electron chi connectivity index (χ3n) is 5.09. The Morgan fingerprint density at radius 2 is 1.89 bits per heavy atom. The van der Waals surface area contributed by atoms with Gasteiger partial charge in [-0.15, -0.1) is 0 Å². The number of rotatable bonds is 5. The molecule has 1 aliphatic carbocycles. The molecular weight excluding hydrogens is 336 g/mol. The maximum Gasteiger partial charge on any atom is 0.225 e. The van der Waals surface area contributed by atoms with Gasteiger partial charge in [0.25, 0.3) is 0 Å². The van der Waals surface area contributed by atoms with E-state index in [9.17, 15) is 4.79 Å². The minimum Gasteiger partial charge on any atom is -0.342 e. The predicted octanol–water partition coefficient (Wildman–Crippen LogP) is 3.44. The molecule has 138 valence electrons. The third-order valence-corrected chi connectivity index (χ3v) is 5.09. The molecule has 1 amide bonds. The minimum absolute atomic E-state index is 0.0259. The second-order valence-electron chi connectivity index (χ2n) is 7.18. The molecule has 1 aromatic heterocycles. The molecule has 4 rings (SSSR count). The van der Waals surface area contributed by atoms with Crippen molar-refractivity contribution in [3.63, 3.8) is 0 Å². The Morgan fingerprint density at radius 1 is 1.11 bits per heavy atom. The quantitative estimate of drug-likeness (QED) is 0.732. The van der Waals surface area contributed by atoms with E-state index in [2.05, 4.69) is 38.7 Å². The van der Waals surface area contributed by atoms with Crippen LogP contribution in [0.25, 0.3) is 0 Å². The highest BCUT2D eigenvalue weighted by Gasteiger charge is 2.21. The van der Waals surface area contributed by atoms with Gasteiger partial charge in [0.2, 0.25) is 5.91 Å². The molecule has 0 saturated heterocycles. The van der Waals surface area contributed by atoms with Crippen LogP contribution in [-0.4, -0.2) is 21.1 Å². The lowest BCUT2D eigenvalue weighted by atomic mass is 9.90. The smallest absolute Gasteiger partial charge is 0.225 e. The number of carbonyl (C=O) groups is 1. The Bertz CT molecular complexity index is 932. The van der Waals surface area contributed by atoms with Crippen molar-refractivity contribution in [1.29, 1.82) is 0 Å². The number of carbonyl (C=O) groups excluding carboxylic acids is 1. The van der Waals surface area contributed by atoms with Crippen LogP contribution in [0.1, 0.15) is 52.8 Å². The van der Waals surface area contributed by atoms with E-state index < -0.39 is 0 Å². The van der Waals surface area contributed by atoms with Gasteiger partial charge < -0.3 is 5.32 Å². The van der Waals surface area contributed by atoms with E-state index in [1.807, 2.05) is 37.3 Å². The number of hydrogen-bond acceptors (Lipinski definition) is 3. The summed E-state index contributed by atoms with van der Waals surface area (Å²) in [5.74, 6) is 1.29. The summed E-state index contributed by atoms with van der Waals surface area (Å²) >= 11 is 0. The highest BCUT2D eigenvalue weighted by Crippen LogP contribution is 2.23. The van der Waals surface area contributed by atoms with Gasteiger partial charge in [0.05, 0.1) is 6.42 Å². The van der Waals surface area contributed by atoms with E-state index >= 15 is 0 Å². The maximum absolute atomic E-state index is 12.8. The van der Waals surface area contributed by atoms with E-state index in [-0.39, 0.29) is 11.9 Å². The van der Waals surface area contributed by atoms with Crippen molar-refractivity contribution in [2.75, 3.05) is 0 Å². The Morgan fingerprint density at radius 3 is 2.63 bits per heavy atom. The molecule has 3 aromatic rings. The Kier molecular flexibility index (Phi) is 5.01. The van der Waals surface area contributed by atoms with Crippen LogP contribution in [0.2, 0.25) is 0 Å². The van der Waals surface area contributed by atoms with E-state index in [4.69, 9.17) is 0 Å². The summed E-state index contributed by atoms with van der Waals surface area (Å²) < 4.78 is 0. The lowest BCUT2D eigenvalue weighted by molar-refractivity contribution is -0.121. The molecule has 1 atom stereocenters. The summed E-state index contributed by atoms with van der Waals surface area (Å²) in [7, 11) is 0. The molecule has 27 heavy (non-hydrogen) atoms. The zero-order chi connectivity index (χ0) is 18.6. The molecule has 1 unspecified atom stereocenters. The maximum atomic E-state index is 12.8. The molecule has 5 nitrogen and oxygen atoms in total. The average Bonchev–Trinajstić information content (AvgIpc) is 3.13. The molecule has 0 bridgehead atoms. The summed E-state index contributed by atoms with van der Waals surface area (Å²) in [5, 5.41) is 10.2. The first-order valence-corrected chi connectivity index (χ1v) is 9.53. The monoisotopic (exact) mass is 360 g/mol. The van der Waals surface area contributed by atoms with E-state index in [0.29, 0.717) is 12.2 Å². The van der Waals surface area contributed by atoms with Gasteiger partial charge in [-0.1, -0.05) is 48.5 Å². The topological polar surface area (TPSA) is 70.7 Å². The zero-order valence-electron chi connectivity index (χ0n) is 15.5. The lowest BCUT2D eigenvalue weighted by Crippen LogP contribution is -2.31. The van der Waals surface area contributed by atoms with Crippen molar-refractivity contribution < 1.29 is 4.79 Å². The van der Waals surface area contributed by atoms with Crippen LogP contribution in [-0.2, 0) is 24.1 Å². The van der Waals surface area contributed by atoms with Gasteiger partial charge in [-0.25, -0.2) is 4.98 Å². The lowest BCUT2D eigenvalue weighted by Gasteiger charge is -2.18. The number of amides is 1. The van der Waals surface area contributed by atoms with Gasteiger partial charge in [0.1, 0.15) is 11.9 Å². The Labute approximate surface area is 159 Å².